The first-order valence-corrected chi connectivity index (χ1v) is 9.66. The Kier molecular flexibility index (Phi) is 4.78. The molecule has 1 N–H and O–H groups in total. The predicted octanol–water partition coefficient (Wildman–Crippen LogP) is 3.86. The van der Waals surface area contributed by atoms with Crippen LogP contribution >= 0.6 is 0 Å². The zero-order valence-corrected chi connectivity index (χ0v) is 16.4. The Morgan fingerprint density at radius 3 is 2.30 bits per heavy atom. The Hall–Kier alpha value is -2.18. The molecule has 6 heteroatoms. The highest BCUT2D eigenvalue weighted by Gasteiger charge is 2.40. The number of piperidine rings is 1. The van der Waals surface area contributed by atoms with Gasteiger partial charge in [-0.05, 0) is 23.1 Å². The van der Waals surface area contributed by atoms with Gasteiger partial charge in [0.2, 0.25) is 0 Å². The van der Waals surface area contributed by atoms with E-state index in [1.807, 2.05) is 6.07 Å². The molecule has 0 unspecified atom stereocenters. The van der Waals surface area contributed by atoms with Crippen LogP contribution in [-0.4, -0.2) is 42.1 Å². The van der Waals surface area contributed by atoms with Gasteiger partial charge in [0.05, 0.1) is 13.2 Å². The van der Waals surface area contributed by atoms with E-state index in [1.54, 1.807) is 6.33 Å². The van der Waals surface area contributed by atoms with Gasteiger partial charge in [-0.2, -0.15) is 0 Å². The highest BCUT2D eigenvalue weighted by molar-refractivity contribution is 5.59. The Morgan fingerprint density at radius 2 is 1.67 bits per heavy atom. The molecule has 0 amide bonds. The van der Waals surface area contributed by atoms with Crippen LogP contribution in [0.25, 0.3) is 0 Å². The standard InChI is InChI=1S/C21H28N4O2/c1-20(2,3)16-4-6-17(7-5-16)24-18-14-19(23-15-22-18)25-10-8-21(9-11-25)26-12-13-27-21/h4-7,14-15H,8-13H2,1-3H3,(H,22,23,24). The summed E-state index contributed by atoms with van der Waals surface area (Å²) in [5.41, 5.74) is 2.49. The van der Waals surface area contributed by atoms with Gasteiger partial charge in [-0.15, -0.1) is 0 Å². The van der Waals surface area contributed by atoms with E-state index < -0.39 is 0 Å². The average molecular weight is 368 g/mol. The van der Waals surface area contributed by atoms with Crippen molar-refractivity contribution < 1.29 is 9.47 Å². The molecule has 0 saturated carbocycles. The normalized spacial score (nSPS) is 19.4. The smallest absolute Gasteiger partial charge is 0.171 e. The zero-order valence-electron chi connectivity index (χ0n) is 16.4. The molecule has 0 bridgehead atoms. The van der Waals surface area contributed by atoms with Crippen LogP contribution in [0.1, 0.15) is 39.2 Å². The molecule has 1 spiro atoms. The third-order valence-electron chi connectivity index (χ3n) is 5.34. The van der Waals surface area contributed by atoms with Crippen molar-refractivity contribution >= 4 is 17.3 Å². The number of nitrogens with zero attached hydrogens (tertiary/aromatic N) is 3. The summed E-state index contributed by atoms with van der Waals surface area (Å²) < 4.78 is 11.6. The monoisotopic (exact) mass is 368 g/mol. The van der Waals surface area contributed by atoms with Crippen molar-refractivity contribution in [3.05, 3.63) is 42.2 Å². The molecule has 1 aromatic carbocycles. The number of ether oxygens (including phenoxy) is 2. The molecule has 6 nitrogen and oxygen atoms in total. The maximum Gasteiger partial charge on any atom is 0.171 e. The fraction of sp³-hybridized carbons (Fsp3) is 0.524. The molecule has 4 rings (SSSR count). The molecular weight excluding hydrogens is 340 g/mol. The van der Waals surface area contributed by atoms with E-state index in [9.17, 15) is 0 Å². The van der Waals surface area contributed by atoms with Crippen LogP contribution in [0.2, 0.25) is 0 Å². The van der Waals surface area contributed by atoms with E-state index in [2.05, 4.69) is 65.2 Å². The van der Waals surface area contributed by atoms with E-state index in [4.69, 9.17) is 9.47 Å². The number of rotatable bonds is 3. The van der Waals surface area contributed by atoms with E-state index in [0.717, 1.165) is 43.3 Å². The first kappa shape index (κ1) is 18.2. The van der Waals surface area contributed by atoms with Gasteiger partial charge in [0.1, 0.15) is 18.0 Å². The topological polar surface area (TPSA) is 59.5 Å². The van der Waals surface area contributed by atoms with Crippen LogP contribution in [-0.2, 0) is 14.9 Å². The third-order valence-corrected chi connectivity index (χ3v) is 5.34. The molecule has 1 aromatic heterocycles. The van der Waals surface area contributed by atoms with Gasteiger partial charge < -0.3 is 19.7 Å². The Labute approximate surface area is 160 Å². The fourth-order valence-corrected chi connectivity index (χ4v) is 3.65. The number of benzene rings is 1. The van der Waals surface area contributed by atoms with Gasteiger partial charge in [0, 0.05) is 37.7 Å². The van der Waals surface area contributed by atoms with Crippen LogP contribution in [0.4, 0.5) is 17.3 Å². The van der Waals surface area contributed by atoms with Crippen molar-refractivity contribution in [2.45, 2.75) is 44.8 Å². The van der Waals surface area contributed by atoms with Gasteiger partial charge in [0.15, 0.2) is 5.79 Å². The van der Waals surface area contributed by atoms with Gasteiger partial charge >= 0.3 is 0 Å². The molecule has 3 heterocycles. The summed E-state index contributed by atoms with van der Waals surface area (Å²) >= 11 is 0. The molecule has 2 saturated heterocycles. The lowest BCUT2D eigenvalue weighted by molar-refractivity contribution is -0.169. The van der Waals surface area contributed by atoms with Gasteiger partial charge in [0.25, 0.3) is 0 Å². The van der Waals surface area contributed by atoms with E-state index >= 15 is 0 Å². The molecule has 27 heavy (non-hydrogen) atoms. The molecule has 0 aliphatic carbocycles. The van der Waals surface area contributed by atoms with Crippen LogP contribution in [0.5, 0.6) is 0 Å². The largest absolute Gasteiger partial charge is 0.356 e. The minimum Gasteiger partial charge on any atom is -0.356 e. The molecule has 2 aromatic rings. The maximum atomic E-state index is 5.81. The molecule has 2 fully saturated rings. The first-order chi connectivity index (χ1) is 12.9. The van der Waals surface area contributed by atoms with Gasteiger partial charge in [-0.3, -0.25) is 0 Å². The average Bonchev–Trinajstić information content (AvgIpc) is 3.10. The summed E-state index contributed by atoms with van der Waals surface area (Å²) in [4.78, 5) is 11.1. The number of hydrogen-bond acceptors (Lipinski definition) is 6. The van der Waals surface area contributed by atoms with Crippen LogP contribution in [0.3, 0.4) is 0 Å². The third kappa shape index (κ3) is 4.06. The van der Waals surface area contributed by atoms with Crippen molar-refractivity contribution in [3.63, 3.8) is 0 Å². The lowest BCUT2D eigenvalue weighted by Gasteiger charge is -2.38. The summed E-state index contributed by atoms with van der Waals surface area (Å²) in [6.45, 7) is 9.81. The summed E-state index contributed by atoms with van der Waals surface area (Å²) in [6, 6.07) is 10.5. The van der Waals surface area contributed by atoms with Crippen LogP contribution < -0.4 is 10.2 Å². The van der Waals surface area contributed by atoms with Crippen molar-refractivity contribution in [1.82, 2.24) is 9.97 Å². The second-order valence-corrected chi connectivity index (χ2v) is 8.31. The highest BCUT2D eigenvalue weighted by Crippen LogP contribution is 2.33. The lowest BCUT2D eigenvalue weighted by atomic mass is 9.87. The van der Waals surface area contributed by atoms with E-state index in [-0.39, 0.29) is 11.2 Å². The minimum absolute atomic E-state index is 0.152. The molecule has 0 atom stereocenters. The van der Waals surface area contributed by atoms with E-state index in [1.165, 1.54) is 5.56 Å². The highest BCUT2D eigenvalue weighted by atomic mass is 16.7. The fourth-order valence-electron chi connectivity index (χ4n) is 3.65. The SMILES string of the molecule is CC(C)(C)c1ccc(Nc2cc(N3CCC4(CC3)OCCO4)ncn2)cc1. The molecule has 2 aliphatic rings. The quantitative estimate of drug-likeness (QED) is 0.888. The number of hydrogen-bond donors (Lipinski definition) is 1. The van der Waals surface area contributed by atoms with Gasteiger partial charge in [-0.25, -0.2) is 9.97 Å². The van der Waals surface area contributed by atoms with Gasteiger partial charge in [-0.1, -0.05) is 32.9 Å². The Bertz CT molecular complexity index is 770. The summed E-state index contributed by atoms with van der Waals surface area (Å²) in [7, 11) is 0. The molecule has 144 valence electrons. The van der Waals surface area contributed by atoms with Crippen molar-refractivity contribution in [1.29, 1.82) is 0 Å². The van der Waals surface area contributed by atoms with Crippen molar-refractivity contribution in [2.75, 3.05) is 36.5 Å². The summed E-state index contributed by atoms with van der Waals surface area (Å²) in [5.74, 6) is 1.38. The Morgan fingerprint density at radius 1 is 1.00 bits per heavy atom. The summed E-state index contributed by atoms with van der Waals surface area (Å²) in [6.07, 6.45) is 3.36. The molecule has 0 radical (unpaired) electrons. The Balaban J connectivity index is 1.42. The maximum absolute atomic E-state index is 5.81. The van der Waals surface area contributed by atoms with Crippen LogP contribution in [0, 0.1) is 0 Å². The number of nitrogens with one attached hydrogen (secondary N) is 1. The van der Waals surface area contributed by atoms with Crippen molar-refractivity contribution in [3.8, 4) is 0 Å². The number of aromatic nitrogens is 2. The second-order valence-electron chi connectivity index (χ2n) is 8.31. The predicted molar refractivity (Wildman–Crippen MR) is 107 cm³/mol. The van der Waals surface area contributed by atoms with Crippen LogP contribution in [0.15, 0.2) is 36.7 Å². The zero-order chi connectivity index (χ0) is 18.9. The van der Waals surface area contributed by atoms with Crippen molar-refractivity contribution in [2.24, 2.45) is 0 Å². The summed E-state index contributed by atoms with van der Waals surface area (Å²) in [5, 5.41) is 3.38. The van der Waals surface area contributed by atoms with E-state index in [0.29, 0.717) is 13.2 Å². The lowest BCUT2D eigenvalue weighted by Crippen LogP contribution is -2.45. The first-order valence-electron chi connectivity index (χ1n) is 9.66. The minimum atomic E-state index is -0.362. The molecular formula is C21H28N4O2. The second kappa shape index (κ2) is 7.09. The molecule has 2 aliphatic heterocycles. The number of anilines is 3.